The van der Waals surface area contributed by atoms with Crippen molar-refractivity contribution >= 4 is 11.8 Å². The number of rotatable bonds is 3. The predicted molar refractivity (Wildman–Crippen MR) is 59.8 cm³/mol. The average molecular weight is 214 g/mol. The molecule has 2 aliphatic rings. The Kier molecular flexibility index (Phi) is 3.73. The molecule has 2 aliphatic heterocycles. The van der Waals surface area contributed by atoms with Crippen LogP contribution in [0.4, 0.5) is 0 Å². The molecule has 2 atom stereocenters. The Hall–Kier alpha value is -0.190. The van der Waals surface area contributed by atoms with E-state index in [0.717, 1.165) is 19.4 Å². The number of ether oxygens (including phenoxy) is 1. The minimum absolute atomic E-state index is 0.338. The standard InChI is InChI=1S/C10H18N2OS/c11-12-10(9-3-5-14-7-9)8-2-1-4-13-6-8/h6,9-10,12H,1-5,7,11H2. The second-order valence-corrected chi connectivity index (χ2v) is 5.08. The van der Waals surface area contributed by atoms with Gasteiger partial charge in [-0.1, -0.05) is 0 Å². The highest BCUT2D eigenvalue weighted by Crippen LogP contribution is 2.31. The maximum atomic E-state index is 5.63. The van der Waals surface area contributed by atoms with Crippen molar-refractivity contribution in [3.05, 3.63) is 11.8 Å². The smallest absolute Gasteiger partial charge is 0.0876 e. The zero-order valence-electron chi connectivity index (χ0n) is 8.37. The van der Waals surface area contributed by atoms with E-state index in [4.69, 9.17) is 10.6 Å². The van der Waals surface area contributed by atoms with Gasteiger partial charge in [0.05, 0.1) is 12.9 Å². The van der Waals surface area contributed by atoms with E-state index in [1.54, 1.807) is 0 Å². The van der Waals surface area contributed by atoms with Gasteiger partial charge in [-0.25, -0.2) is 0 Å². The van der Waals surface area contributed by atoms with E-state index >= 15 is 0 Å². The number of thioether (sulfide) groups is 1. The van der Waals surface area contributed by atoms with Crippen molar-refractivity contribution in [3.63, 3.8) is 0 Å². The van der Waals surface area contributed by atoms with Gasteiger partial charge in [0.1, 0.15) is 0 Å². The van der Waals surface area contributed by atoms with Gasteiger partial charge in [0, 0.05) is 6.04 Å². The molecule has 0 bridgehead atoms. The van der Waals surface area contributed by atoms with Crippen LogP contribution >= 0.6 is 11.8 Å². The molecule has 1 saturated heterocycles. The molecule has 4 heteroatoms. The maximum Gasteiger partial charge on any atom is 0.0876 e. The molecular formula is C10H18N2OS. The molecule has 1 fully saturated rings. The summed E-state index contributed by atoms with van der Waals surface area (Å²) in [4.78, 5) is 0. The summed E-state index contributed by atoms with van der Waals surface area (Å²) in [5, 5.41) is 0. The van der Waals surface area contributed by atoms with Gasteiger partial charge < -0.3 is 4.74 Å². The molecule has 2 heterocycles. The molecule has 3 nitrogen and oxygen atoms in total. The first kappa shape index (κ1) is 10.3. The highest BCUT2D eigenvalue weighted by molar-refractivity contribution is 7.99. The Labute approximate surface area is 89.4 Å². The summed E-state index contributed by atoms with van der Waals surface area (Å²) < 4.78 is 5.36. The van der Waals surface area contributed by atoms with Crippen LogP contribution in [0.15, 0.2) is 11.8 Å². The Balaban J connectivity index is 1.99. The predicted octanol–water partition coefficient (Wildman–Crippen LogP) is 1.27. The van der Waals surface area contributed by atoms with E-state index in [-0.39, 0.29) is 0 Å². The van der Waals surface area contributed by atoms with Gasteiger partial charge in [-0.15, -0.1) is 0 Å². The SMILES string of the molecule is NNC(C1=COCCC1)C1CCSC1. The minimum Gasteiger partial charge on any atom is -0.501 e. The number of nitrogens with two attached hydrogens (primary N) is 1. The highest BCUT2D eigenvalue weighted by Gasteiger charge is 2.28. The first-order valence-corrected chi connectivity index (χ1v) is 6.41. The lowest BCUT2D eigenvalue weighted by molar-refractivity contribution is 0.215. The fraction of sp³-hybridized carbons (Fsp3) is 0.800. The van der Waals surface area contributed by atoms with Gasteiger partial charge in [0.15, 0.2) is 0 Å². The minimum atomic E-state index is 0.338. The van der Waals surface area contributed by atoms with Crippen LogP contribution in [0.5, 0.6) is 0 Å². The molecule has 0 aromatic carbocycles. The zero-order valence-corrected chi connectivity index (χ0v) is 9.19. The Bertz CT molecular complexity index is 214. The van der Waals surface area contributed by atoms with E-state index in [9.17, 15) is 0 Å². The third-order valence-electron chi connectivity index (χ3n) is 2.98. The maximum absolute atomic E-state index is 5.63. The van der Waals surface area contributed by atoms with Crippen LogP contribution in [-0.2, 0) is 4.74 Å². The fourth-order valence-corrected chi connectivity index (χ4v) is 3.47. The monoisotopic (exact) mass is 214 g/mol. The Morgan fingerprint density at radius 3 is 3.14 bits per heavy atom. The first-order valence-electron chi connectivity index (χ1n) is 5.26. The first-order chi connectivity index (χ1) is 6.92. The van der Waals surface area contributed by atoms with Gasteiger partial charge in [-0.3, -0.25) is 11.3 Å². The molecule has 2 rings (SSSR count). The Morgan fingerprint density at radius 2 is 2.57 bits per heavy atom. The molecule has 0 aliphatic carbocycles. The summed E-state index contributed by atoms with van der Waals surface area (Å²) in [7, 11) is 0. The summed E-state index contributed by atoms with van der Waals surface area (Å²) in [6.07, 6.45) is 5.45. The molecule has 0 aromatic rings. The van der Waals surface area contributed by atoms with Gasteiger partial charge >= 0.3 is 0 Å². The molecule has 0 spiro atoms. The van der Waals surface area contributed by atoms with Crippen LogP contribution in [0.25, 0.3) is 0 Å². The van der Waals surface area contributed by atoms with Crippen molar-refractivity contribution in [2.45, 2.75) is 25.3 Å². The summed E-state index contributed by atoms with van der Waals surface area (Å²) in [5.41, 5.74) is 4.31. The molecule has 14 heavy (non-hydrogen) atoms. The van der Waals surface area contributed by atoms with Crippen LogP contribution < -0.4 is 11.3 Å². The lowest BCUT2D eigenvalue weighted by Gasteiger charge is -2.26. The fourth-order valence-electron chi connectivity index (χ4n) is 2.17. The number of hydrazine groups is 1. The quantitative estimate of drug-likeness (QED) is 0.548. The molecule has 2 unspecified atom stereocenters. The van der Waals surface area contributed by atoms with Crippen LogP contribution in [-0.4, -0.2) is 24.2 Å². The van der Waals surface area contributed by atoms with Crippen molar-refractivity contribution in [2.75, 3.05) is 18.1 Å². The van der Waals surface area contributed by atoms with E-state index < -0.39 is 0 Å². The van der Waals surface area contributed by atoms with Crippen molar-refractivity contribution in [2.24, 2.45) is 11.8 Å². The van der Waals surface area contributed by atoms with Gasteiger partial charge in [-0.05, 0) is 42.3 Å². The van der Waals surface area contributed by atoms with Crippen molar-refractivity contribution in [1.82, 2.24) is 5.43 Å². The lowest BCUT2D eigenvalue weighted by Crippen LogP contribution is -2.43. The molecule has 0 radical (unpaired) electrons. The van der Waals surface area contributed by atoms with E-state index in [0.29, 0.717) is 12.0 Å². The normalized spacial score (nSPS) is 29.5. The number of hydrogen-bond acceptors (Lipinski definition) is 4. The van der Waals surface area contributed by atoms with Gasteiger partial charge in [0.25, 0.3) is 0 Å². The van der Waals surface area contributed by atoms with Crippen LogP contribution in [0, 0.1) is 5.92 Å². The summed E-state index contributed by atoms with van der Waals surface area (Å²) in [6.45, 7) is 0.861. The molecule has 0 saturated carbocycles. The van der Waals surface area contributed by atoms with Crippen molar-refractivity contribution < 1.29 is 4.74 Å². The topological polar surface area (TPSA) is 47.3 Å². The van der Waals surface area contributed by atoms with E-state index in [1.807, 2.05) is 18.0 Å². The molecule has 0 aromatic heterocycles. The van der Waals surface area contributed by atoms with Crippen LogP contribution in [0.2, 0.25) is 0 Å². The summed E-state index contributed by atoms with van der Waals surface area (Å²) >= 11 is 2.03. The molecular weight excluding hydrogens is 196 g/mol. The lowest BCUT2D eigenvalue weighted by atomic mass is 9.90. The number of hydrogen-bond donors (Lipinski definition) is 2. The van der Waals surface area contributed by atoms with Crippen LogP contribution in [0.3, 0.4) is 0 Å². The van der Waals surface area contributed by atoms with Gasteiger partial charge in [0.2, 0.25) is 0 Å². The van der Waals surface area contributed by atoms with Crippen molar-refractivity contribution in [3.8, 4) is 0 Å². The third kappa shape index (κ3) is 2.24. The molecule has 3 N–H and O–H groups in total. The number of nitrogens with one attached hydrogen (secondary N) is 1. The van der Waals surface area contributed by atoms with E-state index in [1.165, 1.54) is 23.5 Å². The molecule has 0 amide bonds. The molecule has 80 valence electrons. The second kappa shape index (κ2) is 5.05. The third-order valence-corrected chi connectivity index (χ3v) is 4.17. The zero-order chi connectivity index (χ0) is 9.80. The van der Waals surface area contributed by atoms with Crippen LogP contribution in [0.1, 0.15) is 19.3 Å². The van der Waals surface area contributed by atoms with E-state index in [2.05, 4.69) is 5.43 Å². The second-order valence-electron chi connectivity index (χ2n) is 3.94. The largest absolute Gasteiger partial charge is 0.501 e. The highest BCUT2D eigenvalue weighted by atomic mass is 32.2. The van der Waals surface area contributed by atoms with Crippen molar-refractivity contribution in [1.29, 1.82) is 0 Å². The summed E-state index contributed by atoms with van der Waals surface area (Å²) in [5.74, 6) is 8.82. The van der Waals surface area contributed by atoms with Gasteiger partial charge in [-0.2, -0.15) is 11.8 Å². The average Bonchev–Trinajstić information content (AvgIpc) is 2.74. The summed E-state index contributed by atoms with van der Waals surface area (Å²) in [6, 6.07) is 0.338. The Morgan fingerprint density at radius 1 is 1.64 bits per heavy atom.